The summed E-state index contributed by atoms with van der Waals surface area (Å²) in [5.41, 5.74) is 2.07. The number of hydrogen-bond acceptors (Lipinski definition) is 6. The van der Waals surface area contributed by atoms with Crippen molar-refractivity contribution in [1.29, 1.82) is 0 Å². The molecule has 0 bridgehead atoms. The number of anilines is 2. The van der Waals surface area contributed by atoms with Crippen LogP contribution in [0.2, 0.25) is 0 Å². The fraction of sp³-hybridized carbons (Fsp3) is 0.208. The van der Waals surface area contributed by atoms with Crippen molar-refractivity contribution in [2.45, 2.75) is 18.2 Å². The summed E-state index contributed by atoms with van der Waals surface area (Å²) >= 11 is 0. The van der Waals surface area contributed by atoms with E-state index in [1.807, 2.05) is 19.1 Å². The third-order valence-corrected chi connectivity index (χ3v) is 6.34. The van der Waals surface area contributed by atoms with Crippen LogP contribution < -0.4 is 24.2 Å². The lowest BCUT2D eigenvalue weighted by atomic mass is 10.2. The third kappa shape index (κ3) is 5.75. The average Bonchev–Trinajstić information content (AvgIpc) is 2.83. The van der Waals surface area contributed by atoms with Crippen LogP contribution in [0.15, 0.2) is 65.6 Å². The predicted molar refractivity (Wildman–Crippen MR) is 127 cm³/mol. The summed E-state index contributed by atoms with van der Waals surface area (Å²) in [5, 5.41) is 2.73. The molecule has 0 atom stereocenters. The molecule has 9 heteroatoms. The first kappa shape index (κ1) is 23.9. The van der Waals surface area contributed by atoms with Gasteiger partial charge in [0.25, 0.3) is 15.9 Å². The molecule has 3 aromatic carbocycles. The molecule has 0 saturated heterocycles. The van der Waals surface area contributed by atoms with Crippen LogP contribution in [0.4, 0.5) is 11.4 Å². The molecule has 1 amide bonds. The highest BCUT2D eigenvalue weighted by atomic mass is 32.2. The molecule has 0 fully saturated rings. The van der Waals surface area contributed by atoms with Crippen molar-refractivity contribution in [1.82, 2.24) is 0 Å². The largest absolute Gasteiger partial charge is 0.497 e. The number of benzene rings is 3. The molecule has 0 aliphatic rings. The maximum Gasteiger partial charge on any atom is 0.265 e. The van der Waals surface area contributed by atoms with E-state index in [0.717, 1.165) is 12.0 Å². The SMILES string of the molecule is CCc1ccc(NS(=O)(=O)c2cc(C(=O)Nc3cc(OC)cc(OC)c3)ccc2OC)cc1. The number of sulfonamides is 1. The van der Waals surface area contributed by atoms with Gasteiger partial charge in [-0.15, -0.1) is 0 Å². The molecule has 2 N–H and O–H groups in total. The normalized spacial score (nSPS) is 10.9. The Hall–Kier alpha value is -3.72. The minimum atomic E-state index is -4.02. The smallest absolute Gasteiger partial charge is 0.265 e. The first-order valence-corrected chi connectivity index (χ1v) is 11.6. The van der Waals surface area contributed by atoms with Gasteiger partial charge >= 0.3 is 0 Å². The average molecular weight is 471 g/mol. The molecule has 174 valence electrons. The van der Waals surface area contributed by atoms with Crippen LogP contribution in [0.1, 0.15) is 22.8 Å². The quantitative estimate of drug-likeness (QED) is 0.483. The van der Waals surface area contributed by atoms with Crippen LogP contribution in [-0.4, -0.2) is 35.7 Å². The summed E-state index contributed by atoms with van der Waals surface area (Å²) in [7, 11) is 0.354. The summed E-state index contributed by atoms with van der Waals surface area (Å²) in [5.74, 6) is 0.617. The first-order chi connectivity index (χ1) is 15.8. The molecule has 0 aliphatic carbocycles. The van der Waals surface area contributed by atoms with Crippen LogP contribution in [0.25, 0.3) is 0 Å². The summed E-state index contributed by atoms with van der Waals surface area (Å²) < 4.78 is 44.4. The van der Waals surface area contributed by atoms with Gasteiger partial charge in [-0.2, -0.15) is 0 Å². The number of rotatable bonds is 9. The molecule has 0 saturated carbocycles. The van der Waals surface area contributed by atoms with E-state index < -0.39 is 15.9 Å². The van der Waals surface area contributed by atoms with Gasteiger partial charge in [-0.3, -0.25) is 9.52 Å². The fourth-order valence-electron chi connectivity index (χ4n) is 3.13. The van der Waals surface area contributed by atoms with Gasteiger partial charge in [0.05, 0.1) is 21.3 Å². The van der Waals surface area contributed by atoms with Crippen LogP contribution in [0.5, 0.6) is 17.2 Å². The van der Waals surface area contributed by atoms with Gasteiger partial charge in [-0.05, 0) is 42.3 Å². The van der Waals surface area contributed by atoms with Gasteiger partial charge in [0.1, 0.15) is 22.1 Å². The molecule has 3 rings (SSSR count). The lowest BCUT2D eigenvalue weighted by molar-refractivity contribution is 0.102. The number of carbonyl (C=O) groups excluding carboxylic acids is 1. The first-order valence-electron chi connectivity index (χ1n) is 10.1. The second-order valence-corrected chi connectivity index (χ2v) is 8.73. The van der Waals surface area contributed by atoms with Crippen molar-refractivity contribution in [3.05, 3.63) is 71.8 Å². The monoisotopic (exact) mass is 470 g/mol. The molecular weight excluding hydrogens is 444 g/mol. The van der Waals surface area contributed by atoms with Gasteiger partial charge in [0, 0.05) is 35.1 Å². The Morgan fingerprint density at radius 1 is 0.818 bits per heavy atom. The zero-order chi connectivity index (χ0) is 24.0. The lowest BCUT2D eigenvalue weighted by Crippen LogP contribution is -2.17. The van der Waals surface area contributed by atoms with Gasteiger partial charge in [-0.25, -0.2) is 8.42 Å². The van der Waals surface area contributed by atoms with Crippen molar-refractivity contribution < 1.29 is 27.4 Å². The van der Waals surface area contributed by atoms with Gasteiger partial charge in [0.2, 0.25) is 0 Å². The minimum absolute atomic E-state index is 0.118. The summed E-state index contributed by atoms with van der Waals surface area (Å²) in [6, 6.07) is 16.2. The molecule has 0 heterocycles. The third-order valence-electron chi connectivity index (χ3n) is 4.94. The Bertz CT molecular complexity index is 1220. The number of methoxy groups -OCH3 is 3. The molecule has 0 aromatic heterocycles. The van der Waals surface area contributed by atoms with E-state index >= 15 is 0 Å². The summed E-state index contributed by atoms with van der Waals surface area (Å²) in [6.07, 6.45) is 0.844. The van der Waals surface area contributed by atoms with E-state index in [1.165, 1.54) is 39.5 Å². The fourth-order valence-corrected chi connectivity index (χ4v) is 4.38. The summed E-state index contributed by atoms with van der Waals surface area (Å²) in [4.78, 5) is 12.7. The Kier molecular flexibility index (Phi) is 7.44. The Morgan fingerprint density at radius 2 is 1.45 bits per heavy atom. The van der Waals surface area contributed by atoms with Crippen molar-refractivity contribution >= 4 is 27.3 Å². The molecule has 0 aliphatic heterocycles. The zero-order valence-electron chi connectivity index (χ0n) is 18.8. The molecule has 33 heavy (non-hydrogen) atoms. The molecule has 8 nitrogen and oxygen atoms in total. The van der Waals surface area contributed by atoms with E-state index in [2.05, 4.69) is 10.0 Å². The van der Waals surface area contributed by atoms with Crippen molar-refractivity contribution in [3.8, 4) is 17.2 Å². The van der Waals surface area contributed by atoms with Crippen LogP contribution in [0.3, 0.4) is 0 Å². The van der Waals surface area contributed by atoms with Gasteiger partial charge in [-0.1, -0.05) is 19.1 Å². The van der Waals surface area contributed by atoms with Gasteiger partial charge in [0.15, 0.2) is 0 Å². The Labute approximate surface area is 193 Å². The van der Waals surface area contributed by atoms with E-state index in [1.54, 1.807) is 30.3 Å². The van der Waals surface area contributed by atoms with Crippen molar-refractivity contribution in [2.75, 3.05) is 31.4 Å². The highest BCUT2D eigenvalue weighted by molar-refractivity contribution is 7.92. The maximum absolute atomic E-state index is 13.1. The molecule has 0 spiro atoms. The number of ether oxygens (including phenoxy) is 3. The predicted octanol–water partition coefficient (Wildman–Crippen LogP) is 4.33. The van der Waals surface area contributed by atoms with Crippen molar-refractivity contribution in [2.24, 2.45) is 0 Å². The molecular formula is C24H26N2O6S. The highest BCUT2D eigenvalue weighted by Crippen LogP contribution is 2.29. The second-order valence-electron chi connectivity index (χ2n) is 7.08. The lowest BCUT2D eigenvalue weighted by Gasteiger charge is -2.14. The summed E-state index contributed by atoms with van der Waals surface area (Å²) in [6.45, 7) is 2.02. The van der Waals surface area contributed by atoms with E-state index in [9.17, 15) is 13.2 Å². The van der Waals surface area contributed by atoms with Crippen LogP contribution in [0, 0.1) is 0 Å². The standard InChI is InChI=1S/C24H26N2O6S/c1-5-16-6-9-18(10-7-16)26-33(28,29)23-12-17(8-11-22(23)32-4)24(27)25-19-13-20(30-2)15-21(14-19)31-3/h6-15,26H,5H2,1-4H3,(H,25,27). The van der Waals surface area contributed by atoms with E-state index in [0.29, 0.717) is 22.9 Å². The second kappa shape index (κ2) is 10.3. The maximum atomic E-state index is 13.1. The minimum Gasteiger partial charge on any atom is -0.497 e. The van der Waals surface area contributed by atoms with Crippen LogP contribution in [-0.2, 0) is 16.4 Å². The molecule has 3 aromatic rings. The van der Waals surface area contributed by atoms with Crippen molar-refractivity contribution in [3.63, 3.8) is 0 Å². The number of amides is 1. The zero-order valence-corrected chi connectivity index (χ0v) is 19.7. The van der Waals surface area contributed by atoms with Gasteiger partial charge < -0.3 is 19.5 Å². The number of nitrogens with one attached hydrogen (secondary N) is 2. The number of carbonyl (C=O) groups is 1. The molecule has 0 unspecified atom stereocenters. The molecule has 0 radical (unpaired) electrons. The Morgan fingerprint density at radius 3 is 2.00 bits per heavy atom. The topological polar surface area (TPSA) is 103 Å². The Balaban J connectivity index is 1.90. The van der Waals surface area contributed by atoms with E-state index in [-0.39, 0.29) is 16.2 Å². The van der Waals surface area contributed by atoms with Crippen LogP contribution >= 0.6 is 0 Å². The van der Waals surface area contributed by atoms with E-state index in [4.69, 9.17) is 14.2 Å². The number of aryl methyl sites for hydroxylation is 1. The number of hydrogen-bond donors (Lipinski definition) is 2. The highest BCUT2D eigenvalue weighted by Gasteiger charge is 2.22.